The number of thioether (sulfide) groups is 1. The third-order valence-electron chi connectivity index (χ3n) is 3.24. The molecule has 0 aromatic heterocycles. The second kappa shape index (κ2) is 9.88. The summed E-state index contributed by atoms with van der Waals surface area (Å²) < 4.78 is 4.91. The number of amides is 2. The number of carbonyl (C=O) groups is 2. The molecule has 3 N–H and O–H groups in total. The van der Waals surface area contributed by atoms with E-state index in [0.29, 0.717) is 6.42 Å². The Morgan fingerprint density at radius 3 is 2.75 bits per heavy atom. The van der Waals surface area contributed by atoms with Crippen LogP contribution >= 0.6 is 11.8 Å². The summed E-state index contributed by atoms with van der Waals surface area (Å²) in [6, 6.07) is 0.369. The highest BCUT2D eigenvalue weighted by molar-refractivity contribution is 7.98. The smallest absolute Gasteiger partial charge is 0.315 e. The molecule has 1 heterocycles. The normalized spacial score (nSPS) is 21.4. The lowest BCUT2D eigenvalue weighted by Gasteiger charge is -2.17. The van der Waals surface area contributed by atoms with Gasteiger partial charge in [0, 0.05) is 12.2 Å². The zero-order chi connectivity index (χ0) is 14.8. The summed E-state index contributed by atoms with van der Waals surface area (Å²) in [5.74, 6) is 0.773. The van der Waals surface area contributed by atoms with Crippen molar-refractivity contribution in [1.29, 1.82) is 0 Å². The average molecular weight is 303 g/mol. The fourth-order valence-electron chi connectivity index (χ4n) is 2.23. The van der Waals surface area contributed by atoms with Crippen LogP contribution in [-0.2, 0) is 9.53 Å². The lowest BCUT2D eigenvalue weighted by molar-refractivity contribution is -0.144. The molecule has 1 aliphatic heterocycles. The Morgan fingerprint density at radius 2 is 2.05 bits per heavy atom. The van der Waals surface area contributed by atoms with Gasteiger partial charge in [-0.25, -0.2) is 4.79 Å². The molecule has 1 rings (SSSR count). The van der Waals surface area contributed by atoms with Crippen LogP contribution in [0.4, 0.5) is 4.79 Å². The molecule has 1 aliphatic rings. The molecule has 2 atom stereocenters. The van der Waals surface area contributed by atoms with Crippen molar-refractivity contribution < 1.29 is 14.3 Å². The molecule has 1 saturated heterocycles. The van der Waals surface area contributed by atoms with E-state index in [2.05, 4.69) is 16.0 Å². The molecule has 0 aromatic rings. The van der Waals surface area contributed by atoms with E-state index in [9.17, 15) is 9.59 Å². The second-order valence-corrected chi connectivity index (χ2v) is 5.81. The minimum absolute atomic E-state index is 0.0651. The molecule has 1 fully saturated rings. The number of unbranched alkanes of at least 4 members (excludes halogenated alkanes) is 2. The zero-order valence-corrected chi connectivity index (χ0v) is 13.1. The standard InChI is InChI=1S/C13H25N3O3S/c1-14-9-19-12(17)7-5-3-4-6-10-11(8-20-2)16-13(18)15-10/h10-11,14H,3-9H2,1-2H3,(H2,15,16,18)/t10-,11+/m1/s1. The van der Waals surface area contributed by atoms with Crippen LogP contribution in [0.5, 0.6) is 0 Å². The number of ether oxygens (including phenoxy) is 1. The lowest BCUT2D eigenvalue weighted by Crippen LogP contribution is -2.35. The van der Waals surface area contributed by atoms with E-state index in [-0.39, 0.29) is 30.8 Å². The molecule has 0 radical (unpaired) electrons. The van der Waals surface area contributed by atoms with Crippen LogP contribution in [0, 0.1) is 0 Å². The Morgan fingerprint density at radius 1 is 1.30 bits per heavy atom. The fraction of sp³-hybridized carbons (Fsp3) is 0.846. The van der Waals surface area contributed by atoms with Crippen LogP contribution in [0.15, 0.2) is 0 Å². The topological polar surface area (TPSA) is 79.5 Å². The van der Waals surface area contributed by atoms with Crippen molar-refractivity contribution in [2.45, 2.75) is 44.2 Å². The van der Waals surface area contributed by atoms with Crippen molar-refractivity contribution in [1.82, 2.24) is 16.0 Å². The Kier molecular flexibility index (Phi) is 8.45. The first-order valence-corrected chi connectivity index (χ1v) is 8.43. The summed E-state index contributed by atoms with van der Waals surface area (Å²) in [7, 11) is 1.74. The van der Waals surface area contributed by atoms with Crippen LogP contribution < -0.4 is 16.0 Å². The number of esters is 1. The molecule has 0 saturated carbocycles. The maximum absolute atomic E-state index is 11.3. The number of hydrogen-bond acceptors (Lipinski definition) is 5. The average Bonchev–Trinajstić information content (AvgIpc) is 2.76. The van der Waals surface area contributed by atoms with Crippen molar-refractivity contribution in [3.05, 3.63) is 0 Å². The quantitative estimate of drug-likeness (QED) is 0.320. The van der Waals surface area contributed by atoms with Gasteiger partial charge < -0.3 is 15.4 Å². The maximum atomic E-state index is 11.3. The van der Waals surface area contributed by atoms with Gasteiger partial charge in [0.25, 0.3) is 0 Å². The fourth-order valence-corrected chi connectivity index (χ4v) is 2.90. The summed E-state index contributed by atoms with van der Waals surface area (Å²) in [5.41, 5.74) is 0. The minimum atomic E-state index is -0.157. The number of rotatable bonds is 10. The number of carbonyl (C=O) groups excluding carboxylic acids is 2. The number of urea groups is 1. The van der Waals surface area contributed by atoms with Gasteiger partial charge in [-0.2, -0.15) is 11.8 Å². The van der Waals surface area contributed by atoms with Crippen molar-refractivity contribution in [2.75, 3.05) is 25.8 Å². The molecular weight excluding hydrogens is 278 g/mol. The Balaban J connectivity index is 2.08. The van der Waals surface area contributed by atoms with Crippen molar-refractivity contribution in [3.8, 4) is 0 Å². The maximum Gasteiger partial charge on any atom is 0.315 e. The van der Waals surface area contributed by atoms with Gasteiger partial charge in [-0.3, -0.25) is 10.1 Å². The van der Waals surface area contributed by atoms with Gasteiger partial charge in [-0.15, -0.1) is 0 Å². The van der Waals surface area contributed by atoms with E-state index >= 15 is 0 Å². The van der Waals surface area contributed by atoms with Crippen LogP contribution in [0.1, 0.15) is 32.1 Å². The van der Waals surface area contributed by atoms with E-state index in [0.717, 1.165) is 31.4 Å². The molecule has 20 heavy (non-hydrogen) atoms. The predicted octanol–water partition coefficient (Wildman–Crippen LogP) is 1.07. The Bertz CT molecular complexity index is 315. The van der Waals surface area contributed by atoms with Gasteiger partial charge in [0.1, 0.15) is 6.73 Å². The summed E-state index contributed by atoms with van der Waals surface area (Å²) in [6.45, 7) is 0.273. The molecule has 2 amide bonds. The number of hydrogen-bond donors (Lipinski definition) is 3. The van der Waals surface area contributed by atoms with Gasteiger partial charge in [0.05, 0.1) is 12.1 Å². The van der Waals surface area contributed by atoms with Crippen LogP contribution in [0.25, 0.3) is 0 Å². The third-order valence-corrected chi connectivity index (χ3v) is 3.93. The van der Waals surface area contributed by atoms with Gasteiger partial charge in [-0.05, 0) is 26.1 Å². The molecule has 0 spiro atoms. The largest absolute Gasteiger partial charge is 0.450 e. The first-order valence-electron chi connectivity index (χ1n) is 7.03. The van der Waals surface area contributed by atoms with E-state index in [4.69, 9.17) is 4.74 Å². The van der Waals surface area contributed by atoms with Gasteiger partial charge in [0.15, 0.2) is 0 Å². The van der Waals surface area contributed by atoms with E-state index in [1.54, 1.807) is 18.8 Å². The summed E-state index contributed by atoms with van der Waals surface area (Å²) in [4.78, 5) is 22.6. The highest BCUT2D eigenvalue weighted by Gasteiger charge is 2.30. The SMILES string of the molecule is CNCOC(=O)CCCCC[C@H]1NC(=O)N[C@H]1CSC. The van der Waals surface area contributed by atoms with Crippen LogP contribution in [-0.4, -0.2) is 49.9 Å². The molecule has 6 nitrogen and oxygen atoms in total. The Labute approximate surface area is 124 Å². The molecular formula is C13H25N3O3S. The van der Waals surface area contributed by atoms with Crippen LogP contribution in [0.3, 0.4) is 0 Å². The molecule has 0 unspecified atom stereocenters. The molecule has 7 heteroatoms. The predicted molar refractivity (Wildman–Crippen MR) is 80.7 cm³/mol. The van der Waals surface area contributed by atoms with Gasteiger partial charge in [0.2, 0.25) is 0 Å². The van der Waals surface area contributed by atoms with E-state index in [1.165, 1.54) is 0 Å². The monoisotopic (exact) mass is 303 g/mol. The highest BCUT2D eigenvalue weighted by Crippen LogP contribution is 2.14. The van der Waals surface area contributed by atoms with Gasteiger partial charge in [-0.1, -0.05) is 12.8 Å². The third kappa shape index (κ3) is 6.47. The molecule has 0 aliphatic carbocycles. The van der Waals surface area contributed by atoms with Crippen molar-refractivity contribution >= 4 is 23.8 Å². The highest BCUT2D eigenvalue weighted by atomic mass is 32.2. The van der Waals surface area contributed by atoms with Crippen molar-refractivity contribution in [3.63, 3.8) is 0 Å². The van der Waals surface area contributed by atoms with Crippen LogP contribution in [0.2, 0.25) is 0 Å². The van der Waals surface area contributed by atoms with Gasteiger partial charge >= 0.3 is 12.0 Å². The molecule has 0 aromatic carbocycles. The lowest BCUT2D eigenvalue weighted by atomic mass is 10.0. The first-order chi connectivity index (χ1) is 9.67. The zero-order valence-electron chi connectivity index (χ0n) is 12.2. The van der Waals surface area contributed by atoms with E-state index in [1.807, 2.05) is 6.26 Å². The molecule has 0 bridgehead atoms. The van der Waals surface area contributed by atoms with E-state index < -0.39 is 0 Å². The Hall–Kier alpha value is -0.950. The molecule has 116 valence electrons. The number of nitrogens with one attached hydrogen (secondary N) is 3. The second-order valence-electron chi connectivity index (χ2n) is 4.90. The first kappa shape index (κ1) is 17.1. The minimum Gasteiger partial charge on any atom is -0.450 e. The summed E-state index contributed by atoms with van der Waals surface area (Å²) >= 11 is 1.74. The summed E-state index contributed by atoms with van der Waals surface area (Å²) in [5, 5.41) is 8.65. The summed E-state index contributed by atoms with van der Waals surface area (Å²) in [6.07, 6.45) is 6.28. The van der Waals surface area contributed by atoms with Crippen molar-refractivity contribution in [2.24, 2.45) is 0 Å².